The zero-order valence-electron chi connectivity index (χ0n) is 10.1. The van der Waals surface area contributed by atoms with Gasteiger partial charge in [-0.05, 0) is 31.5 Å². The summed E-state index contributed by atoms with van der Waals surface area (Å²) in [7, 11) is 0. The van der Waals surface area contributed by atoms with Crippen molar-refractivity contribution in [2.24, 2.45) is 0 Å². The van der Waals surface area contributed by atoms with Crippen LogP contribution in [0.5, 0.6) is 0 Å². The van der Waals surface area contributed by atoms with Gasteiger partial charge >= 0.3 is 0 Å². The molecule has 0 aliphatic heterocycles. The second-order valence-electron chi connectivity index (χ2n) is 4.37. The lowest BCUT2D eigenvalue weighted by molar-refractivity contribution is 0.204. The molecular formula is C13H14ClFN2O. The molecule has 18 heavy (non-hydrogen) atoms. The van der Waals surface area contributed by atoms with Gasteiger partial charge in [-0.15, -0.1) is 0 Å². The molecule has 96 valence electrons. The lowest BCUT2D eigenvalue weighted by atomic mass is 10.1. The number of hydrogen-bond acceptors (Lipinski definition) is 2. The molecule has 0 amide bonds. The van der Waals surface area contributed by atoms with E-state index in [0.29, 0.717) is 16.3 Å². The Labute approximate surface area is 110 Å². The summed E-state index contributed by atoms with van der Waals surface area (Å²) in [5.41, 5.74) is 0.941. The minimum atomic E-state index is -0.988. The average molecular weight is 269 g/mol. The predicted octanol–water partition coefficient (Wildman–Crippen LogP) is 3.34. The summed E-state index contributed by atoms with van der Waals surface area (Å²) in [5, 5.41) is 14.8. The fourth-order valence-corrected chi connectivity index (χ4v) is 2.09. The van der Waals surface area contributed by atoms with Gasteiger partial charge < -0.3 is 5.11 Å². The van der Waals surface area contributed by atoms with Crippen LogP contribution in [0.4, 0.5) is 4.39 Å². The standard InChI is InChI=1S/C13H14ClFN2O/c1-8(2)17-12(11(14)7-16-17)13(18)9-4-3-5-10(15)6-9/h3-8,13,18H,1-2H3. The maximum absolute atomic E-state index is 13.2. The van der Waals surface area contributed by atoms with Crippen molar-refractivity contribution in [1.29, 1.82) is 0 Å². The van der Waals surface area contributed by atoms with E-state index in [1.165, 1.54) is 18.3 Å². The second-order valence-corrected chi connectivity index (χ2v) is 4.78. The summed E-state index contributed by atoms with van der Waals surface area (Å²) in [6.07, 6.45) is 0.498. The van der Waals surface area contributed by atoms with Gasteiger partial charge in [0.15, 0.2) is 0 Å². The molecule has 0 saturated heterocycles. The number of rotatable bonds is 3. The average Bonchev–Trinajstić information content (AvgIpc) is 2.70. The van der Waals surface area contributed by atoms with Gasteiger partial charge in [-0.2, -0.15) is 5.10 Å². The molecule has 1 N–H and O–H groups in total. The van der Waals surface area contributed by atoms with Crippen LogP contribution in [0.15, 0.2) is 30.5 Å². The quantitative estimate of drug-likeness (QED) is 0.927. The Morgan fingerprint density at radius 3 is 2.72 bits per heavy atom. The first-order valence-corrected chi connectivity index (χ1v) is 6.05. The van der Waals surface area contributed by atoms with Crippen molar-refractivity contribution in [3.63, 3.8) is 0 Å². The van der Waals surface area contributed by atoms with Crippen LogP contribution in [0.3, 0.4) is 0 Å². The van der Waals surface area contributed by atoms with Crippen molar-refractivity contribution in [1.82, 2.24) is 9.78 Å². The van der Waals surface area contributed by atoms with Crippen LogP contribution in [0.2, 0.25) is 5.02 Å². The Balaban J connectivity index is 2.45. The first-order valence-electron chi connectivity index (χ1n) is 5.67. The van der Waals surface area contributed by atoms with E-state index in [2.05, 4.69) is 5.10 Å². The van der Waals surface area contributed by atoms with Gasteiger partial charge in [-0.25, -0.2) is 4.39 Å². The normalized spacial score (nSPS) is 13.0. The van der Waals surface area contributed by atoms with E-state index in [1.54, 1.807) is 16.8 Å². The number of hydrogen-bond donors (Lipinski definition) is 1. The van der Waals surface area contributed by atoms with Crippen molar-refractivity contribution in [2.45, 2.75) is 26.0 Å². The number of aliphatic hydroxyl groups excluding tert-OH is 1. The SMILES string of the molecule is CC(C)n1ncc(Cl)c1C(O)c1cccc(F)c1. The molecule has 1 unspecified atom stereocenters. The number of aliphatic hydroxyl groups is 1. The molecule has 0 spiro atoms. The molecule has 2 rings (SSSR count). The number of benzene rings is 1. The molecule has 1 aromatic carbocycles. The van der Waals surface area contributed by atoms with Crippen molar-refractivity contribution in [3.8, 4) is 0 Å². The minimum Gasteiger partial charge on any atom is -0.382 e. The van der Waals surface area contributed by atoms with Gasteiger partial charge in [0, 0.05) is 6.04 Å². The maximum Gasteiger partial charge on any atom is 0.123 e. The highest BCUT2D eigenvalue weighted by atomic mass is 35.5. The molecule has 0 aliphatic rings. The van der Waals surface area contributed by atoms with Gasteiger partial charge in [0.2, 0.25) is 0 Å². The van der Waals surface area contributed by atoms with E-state index in [1.807, 2.05) is 13.8 Å². The highest BCUT2D eigenvalue weighted by Crippen LogP contribution is 2.30. The van der Waals surface area contributed by atoms with Crippen LogP contribution in [-0.4, -0.2) is 14.9 Å². The molecule has 0 saturated carbocycles. The van der Waals surface area contributed by atoms with Crippen molar-refractivity contribution in [3.05, 3.63) is 52.6 Å². The van der Waals surface area contributed by atoms with Crippen molar-refractivity contribution in [2.75, 3.05) is 0 Å². The van der Waals surface area contributed by atoms with Crippen molar-refractivity contribution < 1.29 is 9.50 Å². The molecule has 0 bridgehead atoms. The molecule has 0 radical (unpaired) electrons. The first kappa shape index (κ1) is 13.1. The summed E-state index contributed by atoms with van der Waals surface area (Å²) < 4.78 is 14.8. The predicted molar refractivity (Wildman–Crippen MR) is 68.1 cm³/mol. The summed E-state index contributed by atoms with van der Waals surface area (Å²) in [5.74, 6) is -0.390. The highest BCUT2D eigenvalue weighted by molar-refractivity contribution is 6.31. The summed E-state index contributed by atoms with van der Waals surface area (Å²) >= 11 is 6.04. The van der Waals surface area contributed by atoms with Gasteiger partial charge in [0.25, 0.3) is 0 Å². The van der Waals surface area contributed by atoms with Crippen molar-refractivity contribution >= 4 is 11.6 Å². The third kappa shape index (κ3) is 2.40. The fraction of sp³-hybridized carbons (Fsp3) is 0.308. The summed E-state index contributed by atoms with van der Waals surface area (Å²) in [4.78, 5) is 0. The van der Waals surface area contributed by atoms with Crippen LogP contribution >= 0.6 is 11.6 Å². The maximum atomic E-state index is 13.2. The van der Waals surface area contributed by atoms with E-state index >= 15 is 0 Å². The smallest absolute Gasteiger partial charge is 0.123 e. The van der Waals surface area contributed by atoms with Crippen LogP contribution in [0, 0.1) is 5.82 Å². The van der Waals surface area contributed by atoms with Gasteiger partial charge in [-0.3, -0.25) is 4.68 Å². The molecule has 1 atom stereocenters. The highest BCUT2D eigenvalue weighted by Gasteiger charge is 2.21. The number of halogens is 2. The molecular weight excluding hydrogens is 255 g/mol. The molecule has 3 nitrogen and oxygen atoms in total. The summed E-state index contributed by atoms with van der Waals surface area (Å²) in [6.45, 7) is 3.87. The monoisotopic (exact) mass is 268 g/mol. The van der Waals surface area contributed by atoms with Gasteiger partial charge in [0.1, 0.15) is 11.9 Å². The van der Waals surface area contributed by atoms with Crippen LogP contribution in [-0.2, 0) is 0 Å². The largest absolute Gasteiger partial charge is 0.382 e. The van der Waals surface area contributed by atoms with Crippen LogP contribution < -0.4 is 0 Å². The van der Waals surface area contributed by atoms with Crippen LogP contribution in [0.1, 0.15) is 37.3 Å². The molecule has 1 aromatic heterocycles. The van der Waals surface area contributed by atoms with Gasteiger partial charge in [0.05, 0.1) is 16.9 Å². The topological polar surface area (TPSA) is 38.0 Å². The third-order valence-corrected chi connectivity index (χ3v) is 2.99. The fourth-order valence-electron chi connectivity index (χ4n) is 1.85. The van der Waals surface area contributed by atoms with Gasteiger partial charge in [-0.1, -0.05) is 23.7 Å². The Bertz CT molecular complexity index is 554. The molecule has 0 aliphatic carbocycles. The van der Waals surface area contributed by atoms with E-state index in [0.717, 1.165) is 0 Å². The van der Waals surface area contributed by atoms with E-state index in [4.69, 9.17) is 11.6 Å². The lowest BCUT2D eigenvalue weighted by Gasteiger charge is -2.16. The van der Waals surface area contributed by atoms with E-state index in [9.17, 15) is 9.50 Å². The Hall–Kier alpha value is -1.39. The minimum absolute atomic E-state index is 0.0655. The Kier molecular flexibility index (Phi) is 3.68. The second kappa shape index (κ2) is 5.08. The molecule has 1 heterocycles. The zero-order valence-corrected chi connectivity index (χ0v) is 10.9. The number of aromatic nitrogens is 2. The Morgan fingerprint density at radius 2 is 2.11 bits per heavy atom. The Morgan fingerprint density at radius 1 is 1.39 bits per heavy atom. The van der Waals surface area contributed by atoms with Crippen LogP contribution in [0.25, 0.3) is 0 Å². The molecule has 5 heteroatoms. The lowest BCUT2D eigenvalue weighted by Crippen LogP contribution is -2.12. The zero-order chi connectivity index (χ0) is 13.3. The first-order chi connectivity index (χ1) is 8.50. The number of nitrogens with zero attached hydrogens (tertiary/aromatic N) is 2. The molecule has 0 fully saturated rings. The van der Waals surface area contributed by atoms with E-state index < -0.39 is 11.9 Å². The van der Waals surface area contributed by atoms with E-state index in [-0.39, 0.29) is 6.04 Å². The summed E-state index contributed by atoms with van der Waals surface area (Å²) in [6, 6.07) is 5.89. The molecule has 2 aromatic rings. The third-order valence-electron chi connectivity index (χ3n) is 2.70.